The van der Waals surface area contributed by atoms with Crippen molar-refractivity contribution in [3.05, 3.63) is 12.4 Å². The predicted molar refractivity (Wildman–Crippen MR) is 68.3 cm³/mol. The monoisotopic (exact) mass is 233 g/mol. The van der Waals surface area contributed by atoms with Gasteiger partial charge in [-0.25, -0.2) is 9.97 Å². The lowest BCUT2D eigenvalue weighted by Gasteiger charge is -2.20. The van der Waals surface area contributed by atoms with Crippen molar-refractivity contribution in [3.63, 3.8) is 0 Å². The second-order valence-electron chi connectivity index (χ2n) is 5.16. The third-order valence-electron chi connectivity index (χ3n) is 3.90. The van der Waals surface area contributed by atoms with Crippen molar-refractivity contribution in [1.29, 1.82) is 0 Å². The average molecular weight is 233 g/mol. The lowest BCUT2D eigenvalue weighted by Crippen LogP contribution is -2.27. The molecule has 0 unspecified atom stereocenters. The molecule has 3 rings (SSSR count). The first-order chi connectivity index (χ1) is 8.26. The van der Waals surface area contributed by atoms with Gasteiger partial charge < -0.3 is 15.1 Å². The molecule has 2 saturated heterocycles. The maximum Gasteiger partial charge on any atom is 0.134 e. The molecule has 0 aliphatic carbocycles. The molecule has 0 aromatic carbocycles. The number of hydrogen-bond acceptors (Lipinski definition) is 5. The van der Waals surface area contributed by atoms with Crippen LogP contribution in [0.2, 0.25) is 0 Å². The number of likely N-dealkylation sites (tertiary alicyclic amines) is 1. The zero-order chi connectivity index (χ0) is 11.8. The maximum atomic E-state index is 4.38. The Balaban J connectivity index is 1.74. The van der Waals surface area contributed by atoms with E-state index in [1.165, 1.54) is 13.1 Å². The summed E-state index contributed by atoms with van der Waals surface area (Å²) in [5.74, 6) is 3.58. The van der Waals surface area contributed by atoms with E-state index in [1.807, 2.05) is 13.1 Å². The number of fused-ring (bicyclic) bond motifs is 1. The van der Waals surface area contributed by atoms with Gasteiger partial charge in [0.25, 0.3) is 0 Å². The average Bonchev–Trinajstić information content (AvgIpc) is 2.86. The summed E-state index contributed by atoms with van der Waals surface area (Å²) in [6.45, 7) is 4.72. The van der Waals surface area contributed by atoms with Crippen LogP contribution in [0.5, 0.6) is 0 Å². The molecule has 1 N–H and O–H groups in total. The Morgan fingerprint density at radius 2 is 1.88 bits per heavy atom. The number of aromatic nitrogens is 2. The second-order valence-corrected chi connectivity index (χ2v) is 5.16. The molecule has 17 heavy (non-hydrogen) atoms. The van der Waals surface area contributed by atoms with Gasteiger partial charge in [0.15, 0.2) is 0 Å². The molecule has 5 heteroatoms. The summed E-state index contributed by atoms with van der Waals surface area (Å²) in [5, 5.41) is 3.06. The number of nitrogens with zero attached hydrogens (tertiary/aromatic N) is 4. The van der Waals surface area contributed by atoms with E-state index in [-0.39, 0.29) is 0 Å². The van der Waals surface area contributed by atoms with Crippen LogP contribution in [-0.2, 0) is 0 Å². The number of rotatable bonds is 2. The van der Waals surface area contributed by atoms with Gasteiger partial charge in [-0.2, -0.15) is 0 Å². The molecule has 1 aromatic heterocycles. The maximum absolute atomic E-state index is 4.38. The quantitative estimate of drug-likeness (QED) is 0.806. The molecule has 0 saturated carbocycles. The molecule has 2 fully saturated rings. The standard InChI is InChI=1S/C12H19N5/c1-13-11-3-12(15-8-14-11)17-6-9-4-16(2)5-10(9)7-17/h3,8-10H,4-7H2,1-2H3,(H,13,14,15)/t9-,10-/m1/s1. The molecule has 5 nitrogen and oxygen atoms in total. The Labute approximate surface area is 102 Å². The molecular formula is C12H19N5. The van der Waals surface area contributed by atoms with Crippen LogP contribution >= 0.6 is 0 Å². The highest BCUT2D eigenvalue weighted by Gasteiger charge is 2.39. The summed E-state index contributed by atoms with van der Waals surface area (Å²) in [6, 6.07) is 2.03. The van der Waals surface area contributed by atoms with Gasteiger partial charge in [-0.15, -0.1) is 0 Å². The van der Waals surface area contributed by atoms with Crippen LogP contribution < -0.4 is 10.2 Å². The van der Waals surface area contributed by atoms with Crippen molar-refractivity contribution in [2.45, 2.75) is 0 Å². The smallest absolute Gasteiger partial charge is 0.134 e. The van der Waals surface area contributed by atoms with Crippen LogP contribution in [0.4, 0.5) is 11.6 Å². The summed E-state index contributed by atoms with van der Waals surface area (Å²) >= 11 is 0. The highest BCUT2D eigenvalue weighted by molar-refractivity contribution is 5.49. The van der Waals surface area contributed by atoms with Crippen molar-refractivity contribution in [1.82, 2.24) is 14.9 Å². The highest BCUT2D eigenvalue weighted by Crippen LogP contribution is 2.32. The predicted octanol–water partition coefficient (Wildman–Crippen LogP) is 0.516. The molecule has 92 valence electrons. The van der Waals surface area contributed by atoms with Gasteiger partial charge in [-0.05, 0) is 18.9 Å². The molecule has 0 radical (unpaired) electrons. The summed E-state index contributed by atoms with van der Waals surface area (Å²) in [4.78, 5) is 13.4. The van der Waals surface area contributed by atoms with Crippen LogP contribution in [0, 0.1) is 11.8 Å². The minimum absolute atomic E-state index is 0.813. The first kappa shape index (κ1) is 10.8. The summed E-state index contributed by atoms with van der Waals surface area (Å²) in [7, 11) is 4.10. The zero-order valence-corrected chi connectivity index (χ0v) is 10.4. The molecule has 3 heterocycles. The fourth-order valence-corrected chi connectivity index (χ4v) is 3.07. The third kappa shape index (κ3) is 1.95. The van der Waals surface area contributed by atoms with Crippen molar-refractivity contribution in [3.8, 4) is 0 Å². The van der Waals surface area contributed by atoms with Gasteiger partial charge in [0.2, 0.25) is 0 Å². The van der Waals surface area contributed by atoms with Crippen molar-refractivity contribution in [2.75, 3.05) is 50.5 Å². The Kier molecular flexibility index (Phi) is 2.63. The molecule has 0 bridgehead atoms. The molecule has 2 aliphatic heterocycles. The first-order valence-corrected chi connectivity index (χ1v) is 6.19. The van der Waals surface area contributed by atoms with E-state index in [0.717, 1.165) is 36.6 Å². The number of anilines is 2. The molecule has 2 aliphatic rings. The Morgan fingerprint density at radius 1 is 1.18 bits per heavy atom. The van der Waals surface area contributed by atoms with E-state index in [2.05, 4.69) is 32.1 Å². The molecule has 0 amide bonds. The minimum atomic E-state index is 0.813. The molecule has 2 atom stereocenters. The lowest BCUT2D eigenvalue weighted by atomic mass is 10.0. The van der Waals surface area contributed by atoms with E-state index in [9.17, 15) is 0 Å². The fourth-order valence-electron chi connectivity index (χ4n) is 3.07. The SMILES string of the molecule is CNc1cc(N2C[C@H]3CN(C)C[C@@H]3C2)ncn1. The Bertz CT molecular complexity index is 394. The lowest BCUT2D eigenvalue weighted by molar-refractivity contribution is 0.387. The Morgan fingerprint density at radius 3 is 2.53 bits per heavy atom. The first-order valence-electron chi connectivity index (χ1n) is 6.19. The normalized spacial score (nSPS) is 28.5. The fraction of sp³-hybridized carbons (Fsp3) is 0.667. The zero-order valence-electron chi connectivity index (χ0n) is 10.4. The van der Waals surface area contributed by atoms with Crippen LogP contribution in [-0.4, -0.2) is 55.1 Å². The minimum Gasteiger partial charge on any atom is -0.373 e. The van der Waals surface area contributed by atoms with E-state index >= 15 is 0 Å². The highest BCUT2D eigenvalue weighted by atomic mass is 15.3. The van der Waals surface area contributed by atoms with Crippen LogP contribution in [0.15, 0.2) is 12.4 Å². The van der Waals surface area contributed by atoms with Crippen LogP contribution in [0.3, 0.4) is 0 Å². The molecular weight excluding hydrogens is 214 g/mol. The second kappa shape index (κ2) is 4.14. The largest absolute Gasteiger partial charge is 0.373 e. The van der Waals surface area contributed by atoms with Crippen LogP contribution in [0.1, 0.15) is 0 Å². The third-order valence-corrected chi connectivity index (χ3v) is 3.90. The van der Waals surface area contributed by atoms with Gasteiger partial charge in [-0.3, -0.25) is 0 Å². The summed E-state index contributed by atoms with van der Waals surface area (Å²) < 4.78 is 0. The van der Waals surface area contributed by atoms with Crippen molar-refractivity contribution < 1.29 is 0 Å². The van der Waals surface area contributed by atoms with Gasteiger partial charge >= 0.3 is 0 Å². The summed E-state index contributed by atoms with van der Waals surface area (Å²) in [6.07, 6.45) is 1.64. The molecule has 0 spiro atoms. The van der Waals surface area contributed by atoms with Crippen molar-refractivity contribution >= 4 is 11.6 Å². The number of nitrogens with one attached hydrogen (secondary N) is 1. The van der Waals surface area contributed by atoms with Gasteiger partial charge in [0.1, 0.15) is 18.0 Å². The van der Waals surface area contributed by atoms with Gasteiger partial charge in [-0.1, -0.05) is 0 Å². The van der Waals surface area contributed by atoms with E-state index in [1.54, 1.807) is 6.33 Å². The van der Waals surface area contributed by atoms with E-state index < -0.39 is 0 Å². The summed E-state index contributed by atoms with van der Waals surface area (Å²) in [5.41, 5.74) is 0. The van der Waals surface area contributed by atoms with Crippen molar-refractivity contribution in [2.24, 2.45) is 11.8 Å². The van der Waals surface area contributed by atoms with E-state index in [0.29, 0.717) is 0 Å². The van der Waals surface area contributed by atoms with Crippen LogP contribution in [0.25, 0.3) is 0 Å². The number of hydrogen-bond donors (Lipinski definition) is 1. The molecule has 1 aromatic rings. The van der Waals surface area contributed by atoms with E-state index in [4.69, 9.17) is 0 Å². The van der Waals surface area contributed by atoms with Gasteiger partial charge in [0.05, 0.1) is 0 Å². The topological polar surface area (TPSA) is 44.3 Å². The Hall–Kier alpha value is -1.36. The van der Waals surface area contributed by atoms with Gasteiger partial charge in [0, 0.05) is 39.3 Å².